The van der Waals surface area contributed by atoms with E-state index in [0.29, 0.717) is 12.1 Å². The highest BCUT2D eigenvalue weighted by Gasteiger charge is 2.37. The second-order valence-electron chi connectivity index (χ2n) is 9.24. The van der Waals surface area contributed by atoms with Gasteiger partial charge in [0.2, 0.25) is 0 Å². The smallest absolute Gasteiger partial charge is 0.259 e. The molecule has 5 nitrogen and oxygen atoms in total. The summed E-state index contributed by atoms with van der Waals surface area (Å²) in [7, 11) is 1.86. The number of hydrogen-bond acceptors (Lipinski definition) is 3. The molecule has 1 atom stereocenters. The Morgan fingerprint density at radius 1 is 1.06 bits per heavy atom. The highest BCUT2D eigenvalue weighted by molar-refractivity contribution is 5.99. The maximum atomic E-state index is 13.5. The molecule has 1 aromatic heterocycles. The van der Waals surface area contributed by atoms with Crippen LogP contribution in [0.4, 0.5) is 5.82 Å². The van der Waals surface area contributed by atoms with Crippen LogP contribution in [0, 0.1) is 0 Å². The lowest BCUT2D eigenvalue weighted by Crippen LogP contribution is -2.38. The van der Waals surface area contributed by atoms with Crippen molar-refractivity contribution >= 4 is 22.5 Å². The Labute approximate surface area is 188 Å². The van der Waals surface area contributed by atoms with E-state index in [4.69, 9.17) is 0 Å². The largest absolute Gasteiger partial charge is 0.363 e. The van der Waals surface area contributed by atoms with Gasteiger partial charge in [-0.25, -0.2) is 4.68 Å². The molecule has 5 heteroatoms. The number of fused-ring (bicyclic) bond motifs is 2. The number of nitrogens with zero attached hydrogens (tertiary/aromatic N) is 3. The fraction of sp³-hybridized carbons (Fsp3) is 0.259. The van der Waals surface area contributed by atoms with Gasteiger partial charge in [-0.15, -0.1) is 0 Å². The van der Waals surface area contributed by atoms with Crippen molar-refractivity contribution < 1.29 is 4.79 Å². The molecule has 0 saturated heterocycles. The van der Waals surface area contributed by atoms with Crippen LogP contribution in [-0.4, -0.2) is 27.6 Å². The highest BCUT2D eigenvalue weighted by atomic mass is 16.2. The third-order valence-corrected chi connectivity index (χ3v) is 6.42. The van der Waals surface area contributed by atoms with Crippen molar-refractivity contribution in [2.75, 3.05) is 12.4 Å². The number of hydrogen-bond donors (Lipinski definition) is 1. The van der Waals surface area contributed by atoms with Gasteiger partial charge in [0.1, 0.15) is 11.4 Å². The molecule has 0 saturated carbocycles. The second-order valence-corrected chi connectivity index (χ2v) is 9.24. The molecule has 4 aromatic rings. The summed E-state index contributed by atoms with van der Waals surface area (Å²) in [5, 5.41) is 10.6. The van der Waals surface area contributed by atoms with E-state index in [1.807, 2.05) is 36.0 Å². The maximum absolute atomic E-state index is 13.5. The van der Waals surface area contributed by atoms with Crippen LogP contribution >= 0.6 is 0 Å². The first kappa shape index (κ1) is 20.3. The zero-order valence-corrected chi connectivity index (χ0v) is 18.7. The van der Waals surface area contributed by atoms with Crippen LogP contribution in [0.5, 0.6) is 0 Å². The summed E-state index contributed by atoms with van der Waals surface area (Å²) >= 11 is 0. The minimum Gasteiger partial charge on any atom is -0.363 e. The molecule has 3 aromatic carbocycles. The summed E-state index contributed by atoms with van der Waals surface area (Å²) in [6.07, 6.45) is 2.60. The number of rotatable bonds is 4. The number of nitrogens with one attached hydrogen (secondary N) is 1. The summed E-state index contributed by atoms with van der Waals surface area (Å²) < 4.78 is 1.96. The molecular formula is C27H28N4O. The molecule has 1 unspecified atom stereocenters. The minimum absolute atomic E-state index is 0.0313. The fourth-order valence-corrected chi connectivity index (χ4v) is 4.75. The van der Waals surface area contributed by atoms with Gasteiger partial charge in [-0.2, -0.15) is 5.10 Å². The van der Waals surface area contributed by atoms with Crippen molar-refractivity contribution in [1.82, 2.24) is 14.7 Å². The van der Waals surface area contributed by atoms with Gasteiger partial charge in [0.15, 0.2) is 0 Å². The van der Waals surface area contributed by atoms with E-state index >= 15 is 0 Å². The number of carbonyl (C=O) groups is 1. The first-order chi connectivity index (χ1) is 15.4. The van der Waals surface area contributed by atoms with Crippen molar-refractivity contribution in [3.05, 3.63) is 95.7 Å². The molecule has 1 aliphatic heterocycles. The molecule has 2 heterocycles. The highest BCUT2D eigenvalue weighted by Crippen LogP contribution is 2.40. The lowest BCUT2D eigenvalue weighted by atomic mass is 9.89. The lowest BCUT2D eigenvalue weighted by molar-refractivity contribution is 0.0786. The SMILES string of the molecule is CN(Cc1cccc2ccccc12)C(=O)c1cnn2c1NC(c1ccccc1)CC2(C)C. The third kappa shape index (κ3) is 3.54. The Morgan fingerprint density at radius 3 is 2.59 bits per heavy atom. The Kier molecular flexibility index (Phi) is 4.97. The summed E-state index contributed by atoms with van der Waals surface area (Å²) in [5.41, 5.74) is 2.76. The van der Waals surface area contributed by atoms with E-state index in [0.717, 1.165) is 17.8 Å². The van der Waals surface area contributed by atoms with Gasteiger partial charge in [0, 0.05) is 13.6 Å². The molecule has 1 aliphatic rings. The van der Waals surface area contributed by atoms with E-state index in [1.54, 1.807) is 11.1 Å². The van der Waals surface area contributed by atoms with Crippen LogP contribution in [0.15, 0.2) is 79.0 Å². The monoisotopic (exact) mass is 424 g/mol. The van der Waals surface area contributed by atoms with E-state index < -0.39 is 0 Å². The number of carbonyl (C=O) groups excluding carboxylic acids is 1. The van der Waals surface area contributed by atoms with E-state index in [1.165, 1.54) is 16.3 Å². The Bertz CT molecular complexity index is 1270. The molecule has 0 spiro atoms. The van der Waals surface area contributed by atoms with Gasteiger partial charge >= 0.3 is 0 Å². The van der Waals surface area contributed by atoms with Crippen molar-refractivity contribution in [1.29, 1.82) is 0 Å². The van der Waals surface area contributed by atoms with Crippen molar-refractivity contribution in [2.45, 2.75) is 38.4 Å². The number of benzene rings is 3. The molecule has 0 aliphatic carbocycles. The molecule has 5 rings (SSSR count). The molecule has 0 fully saturated rings. The second kappa shape index (κ2) is 7.83. The van der Waals surface area contributed by atoms with Crippen LogP contribution in [0.1, 0.15) is 47.8 Å². The average Bonchev–Trinajstić information content (AvgIpc) is 3.24. The van der Waals surface area contributed by atoms with Crippen LogP contribution in [0.2, 0.25) is 0 Å². The lowest BCUT2D eigenvalue weighted by Gasteiger charge is -2.38. The van der Waals surface area contributed by atoms with Crippen molar-refractivity contribution in [3.8, 4) is 0 Å². The van der Waals surface area contributed by atoms with E-state index in [-0.39, 0.29) is 17.5 Å². The molecule has 32 heavy (non-hydrogen) atoms. The normalized spacial score (nSPS) is 16.9. The maximum Gasteiger partial charge on any atom is 0.259 e. The fourth-order valence-electron chi connectivity index (χ4n) is 4.75. The van der Waals surface area contributed by atoms with Crippen LogP contribution in [0.25, 0.3) is 10.8 Å². The van der Waals surface area contributed by atoms with Gasteiger partial charge in [-0.05, 0) is 42.2 Å². The number of anilines is 1. The van der Waals surface area contributed by atoms with Crippen LogP contribution < -0.4 is 5.32 Å². The van der Waals surface area contributed by atoms with E-state index in [2.05, 4.69) is 72.8 Å². The zero-order chi connectivity index (χ0) is 22.3. The topological polar surface area (TPSA) is 50.2 Å². The standard InChI is InChI=1S/C27H28N4O/c1-27(2)16-24(20-11-5-4-6-12-20)29-25-23(17-28-31(25)27)26(32)30(3)18-21-14-9-13-19-10-7-8-15-22(19)21/h4-15,17,24,29H,16,18H2,1-3H3. The molecule has 0 bridgehead atoms. The number of amides is 1. The van der Waals surface area contributed by atoms with Gasteiger partial charge < -0.3 is 10.2 Å². The summed E-state index contributed by atoms with van der Waals surface area (Å²) in [5.74, 6) is 0.765. The number of aromatic nitrogens is 2. The summed E-state index contributed by atoms with van der Waals surface area (Å²) in [6, 6.07) is 25.1. The Hall–Kier alpha value is -3.60. The predicted molar refractivity (Wildman–Crippen MR) is 129 cm³/mol. The molecular weight excluding hydrogens is 396 g/mol. The molecule has 0 radical (unpaired) electrons. The molecule has 1 amide bonds. The van der Waals surface area contributed by atoms with Crippen molar-refractivity contribution in [2.24, 2.45) is 0 Å². The van der Waals surface area contributed by atoms with E-state index in [9.17, 15) is 4.79 Å². The zero-order valence-electron chi connectivity index (χ0n) is 18.7. The van der Waals surface area contributed by atoms with Gasteiger partial charge in [-0.3, -0.25) is 4.79 Å². The van der Waals surface area contributed by atoms with Crippen molar-refractivity contribution in [3.63, 3.8) is 0 Å². The predicted octanol–water partition coefficient (Wildman–Crippen LogP) is 5.60. The minimum atomic E-state index is -0.201. The summed E-state index contributed by atoms with van der Waals surface area (Å²) in [6.45, 7) is 4.89. The van der Waals surface area contributed by atoms with Gasteiger partial charge in [0.05, 0.1) is 17.8 Å². The first-order valence-electron chi connectivity index (χ1n) is 11.1. The van der Waals surface area contributed by atoms with Gasteiger partial charge in [0.25, 0.3) is 5.91 Å². The van der Waals surface area contributed by atoms with Crippen LogP contribution in [0.3, 0.4) is 0 Å². The van der Waals surface area contributed by atoms with Gasteiger partial charge in [-0.1, -0.05) is 72.8 Å². The summed E-state index contributed by atoms with van der Waals surface area (Å²) in [4.78, 5) is 15.3. The molecule has 1 N–H and O–H groups in total. The third-order valence-electron chi connectivity index (χ3n) is 6.42. The average molecular weight is 425 g/mol. The van der Waals surface area contributed by atoms with Crippen LogP contribution in [-0.2, 0) is 12.1 Å². The Balaban J connectivity index is 1.45. The Morgan fingerprint density at radius 2 is 1.78 bits per heavy atom. The molecule has 162 valence electrons. The quantitative estimate of drug-likeness (QED) is 0.464. The first-order valence-corrected chi connectivity index (χ1v) is 11.1.